The second-order valence-corrected chi connectivity index (χ2v) is 4.26. The number of aliphatic hydroxyl groups excluding tert-OH is 1. The lowest BCUT2D eigenvalue weighted by atomic mass is 10.1. The van der Waals surface area contributed by atoms with E-state index in [9.17, 15) is 5.11 Å². The van der Waals surface area contributed by atoms with E-state index in [2.05, 4.69) is 5.32 Å². The molecule has 0 bridgehead atoms. The van der Waals surface area contributed by atoms with Gasteiger partial charge in [0.2, 0.25) is 0 Å². The van der Waals surface area contributed by atoms with Gasteiger partial charge in [0.1, 0.15) is 6.10 Å². The summed E-state index contributed by atoms with van der Waals surface area (Å²) >= 11 is 0. The van der Waals surface area contributed by atoms with E-state index in [4.69, 9.17) is 4.74 Å². The Morgan fingerprint density at radius 3 is 2.82 bits per heavy atom. The predicted molar refractivity (Wildman–Crippen MR) is 67.5 cm³/mol. The van der Waals surface area contributed by atoms with Crippen molar-refractivity contribution in [3.63, 3.8) is 0 Å². The van der Waals surface area contributed by atoms with Crippen LogP contribution in [0.3, 0.4) is 0 Å². The van der Waals surface area contributed by atoms with Crippen LogP contribution < -0.4 is 5.32 Å². The Balaban J connectivity index is 1.85. The maximum absolute atomic E-state index is 9.39. The maximum Gasteiger partial charge on any atom is 0.110 e. The number of hydrogen-bond acceptors (Lipinski definition) is 3. The third-order valence-electron chi connectivity index (χ3n) is 3.00. The topological polar surface area (TPSA) is 41.5 Å². The van der Waals surface area contributed by atoms with Crippen LogP contribution in [0.25, 0.3) is 0 Å². The summed E-state index contributed by atoms with van der Waals surface area (Å²) in [5, 5.41) is 12.7. The summed E-state index contributed by atoms with van der Waals surface area (Å²) in [5.74, 6) is 0. The van der Waals surface area contributed by atoms with Crippen LogP contribution in [0.2, 0.25) is 0 Å². The highest BCUT2D eigenvalue weighted by Gasteiger charge is 2.14. The smallest absolute Gasteiger partial charge is 0.110 e. The third-order valence-corrected chi connectivity index (χ3v) is 3.00. The van der Waals surface area contributed by atoms with Crippen LogP contribution in [-0.2, 0) is 4.74 Å². The minimum absolute atomic E-state index is 0.00861. The highest BCUT2D eigenvalue weighted by atomic mass is 16.5. The number of nitrogens with one attached hydrogen (secondary N) is 1. The second-order valence-electron chi connectivity index (χ2n) is 4.26. The van der Waals surface area contributed by atoms with Crippen LogP contribution in [0.15, 0.2) is 42.7 Å². The molecule has 92 valence electrons. The Morgan fingerprint density at radius 1 is 1.35 bits per heavy atom. The van der Waals surface area contributed by atoms with Gasteiger partial charge in [0.25, 0.3) is 0 Å². The summed E-state index contributed by atoms with van der Waals surface area (Å²) in [5.41, 5.74) is 1.11. The van der Waals surface area contributed by atoms with Gasteiger partial charge in [-0.15, -0.1) is 0 Å². The number of allylic oxidation sites excluding steroid dienone is 1. The molecule has 0 radical (unpaired) electrons. The molecule has 3 heteroatoms. The number of ether oxygens (including phenoxy) is 1. The third kappa shape index (κ3) is 3.58. The molecular weight excluding hydrogens is 214 g/mol. The van der Waals surface area contributed by atoms with Gasteiger partial charge < -0.3 is 15.2 Å². The number of rotatable bonds is 5. The number of benzene rings is 1. The Bertz CT molecular complexity index is 350. The van der Waals surface area contributed by atoms with Gasteiger partial charge in [-0.1, -0.05) is 30.3 Å². The molecule has 2 atom stereocenters. The first-order chi connectivity index (χ1) is 8.40. The molecule has 0 amide bonds. The summed E-state index contributed by atoms with van der Waals surface area (Å²) in [4.78, 5) is 0. The zero-order valence-electron chi connectivity index (χ0n) is 9.88. The molecule has 0 fully saturated rings. The van der Waals surface area contributed by atoms with E-state index in [1.54, 1.807) is 6.26 Å². The monoisotopic (exact) mass is 233 g/mol. The Morgan fingerprint density at radius 2 is 2.18 bits per heavy atom. The predicted octanol–water partition coefficient (Wildman–Crippen LogP) is 2.00. The van der Waals surface area contributed by atoms with E-state index >= 15 is 0 Å². The largest absolute Gasteiger partial charge is 0.497 e. The highest BCUT2D eigenvalue weighted by molar-refractivity contribution is 5.18. The maximum atomic E-state index is 9.39. The molecule has 2 unspecified atom stereocenters. The van der Waals surface area contributed by atoms with Gasteiger partial charge >= 0.3 is 0 Å². The van der Waals surface area contributed by atoms with E-state index in [-0.39, 0.29) is 18.8 Å². The van der Waals surface area contributed by atoms with Crippen LogP contribution in [-0.4, -0.2) is 24.4 Å². The van der Waals surface area contributed by atoms with Crippen molar-refractivity contribution in [3.8, 4) is 0 Å². The van der Waals surface area contributed by atoms with Gasteiger partial charge in [0.05, 0.1) is 18.9 Å². The molecule has 1 aliphatic heterocycles. The molecule has 0 spiro atoms. The minimum Gasteiger partial charge on any atom is -0.497 e. The van der Waals surface area contributed by atoms with E-state index in [1.165, 1.54) is 0 Å². The fraction of sp³-hybridized carbons (Fsp3) is 0.429. The van der Waals surface area contributed by atoms with Crippen molar-refractivity contribution in [2.75, 3.05) is 13.2 Å². The van der Waals surface area contributed by atoms with Crippen molar-refractivity contribution in [2.45, 2.75) is 25.0 Å². The molecule has 1 aliphatic rings. The van der Waals surface area contributed by atoms with Gasteiger partial charge in [-0.05, 0) is 24.5 Å². The van der Waals surface area contributed by atoms with Crippen molar-refractivity contribution >= 4 is 0 Å². The summed E-state index contributed by atoms with van der Waals surface area (Å²) in [6.45, 7) is 0.872. The molecule has 2 rings (SSSR count). The fourth-order valence-corrected chi connectivity index (χ4v) is 1.98. The van der Waals surface area contributed by atoms with Crippen LogP contribution in [0, 0.1) is 0 Å². The zero-order chi connectivity index (χ0) is 11.9. The van der Waals surface area contributed by atoms with Crippen molar-refractivity contribution < 1.29 is 9.84 Å². The molecule has 0 aromatic heterocycles. The molecule has 17 heavy (non-hydrogen) atoms. The van der Waals surface area contributed by atoms with Crippen molar-refractivity contribution in [2.24, 2.45) is 0 Å². The quantitative estimate of drug-likeness (QED) is 0.817. The zero-order valence-corrected chi connectivity index (χ0v) is 9.88. The molecule has 1 heterocycles. The second kappa shape index (κ2) is 6.42. The molecule has 0 saturated heterocycles. The van der Waals surface area contributed by atoms with Crippen LogP contribution in [0.1, 0.15) is 24.4 Å². The van der Waals surface area contributed by atoms with Crippen LogP contribution in [0.5, 0.6) is 0 Å². The molecule has 0 saturated carbocycles. The van der Waals surface area contributed by atoms with Crippen molar-refractivity contribution in [1.82, 2.24) is 5.32 Å². The van der Waals surface area contributed by atoms with Gasteiger partial charge in [-0.2, -0.15) is 0 Å². The molecule has 2 N–H and O–H groups in total. The molecule has 1 aromatic carbocycles. The average molecular weight is 233 g/mol. The number of aliphatic hydroxyl groups is 1. The fourth-order valence-electron chi connectivity index (χ4n) is 1.98. The van der Waals surface area contributed by atoms with Gasteiger partial charge in [0.15, 0.2) is 0 Å². The Kier molecular flexibility index (Phi) is 4.59. The molecule has 0 aliphatic carbocycles. The van der Waals surface area contributed by atoms with Crippen molar-refractivity contribution in [3.05, 3.63) is 48.2 Å². The summed E-state index contributed by atoms with van der Waals surface area (Å²) in [6.07, 6.45) is 6.14. The Hall–Kier alpha value is -1.32. The first-order valence-electron chi connectivity index (χ1n) is 6.10. The van der Waals surface area contributed by atoms with Crippen LogP contribution >= 0.6 is 0 Å². The van der Waals surface area contributed by atoms with Gasteiger partial charge in [-0.3, -0.25) is 0 Å². The molecule has 1 aromatic rings. The lowest BCUT2D eigenvalue weighted by Crippen LogP contribution is -2.33. The van der Waals surface area contributed by atoms with Gasteiger partial charge in [-0.25, -0.2) is 0 Å². The number of hydrogen-bond donors (Lipinski definition) is 2. The van der Waals surface area contributed by atoms with Crippen molar-refractivity contribution in [1.29, 1.82) is 0 Å². The van der Waals surface area contributed by atoms with E-state index in [0.717, 1.165) is 24.9 Å². The normalized spacial score (nSPS) is 20.9. The first-order valence-corrected chi connectivity index (χ1v) is 6.10. The SMILES string of the molecule is OCC(NCC1CCC=CO1)c1ccccc1. The van der Waals surface area contributed by atoms with E-state index < -0.39 is 0 Å². The highest BCUT2D eigenvalue weighted by Crippen LogP contribution is 2.14. The summed E-state index contributed by atoms with van der Waals surface area (Å²) in [6, 6.07) is 9.99. The summed E-state index contributed by atoms with van der Waals surface area (Å²) < 4.78 is 5.48. The average Bonchev–Trinajstić information content (AvgIpc) is 2.42. The standard InChI is InChI=1S/C14H19NO2/c16-11-14(12-6-2-1-3-7-12)15-10-13-8-4-5-9-17-13/h1-3,5-7,9,13-16H,4,8,10-11H2. The minimum atomic E-state index is -0.00861. The van der Waals surface area contributed by atoms with E-state index in [1.807, 2.05) is 36.4 Å². The summed E-state index contributed by atoms with van der Waals surface area (Å²) in [7, 11) is 0. The molecule has 3 nitrogen and oxygen atoms in total. The van der Waals surface area contributed by atoms with Crippen LogP contribution in [0.4, 0.5) is 0 Å². The molecular formula is C14H19NO2. The van der Waals surface area contributed by atoms with Gasteiger partial charge in [0, 0.05) is 6.54 Å². The van der Waals surface area contributed by atoms with E-state index in [0.29, 0.717) is 0 Å². The first kappa shape index (κ1) is 12.1. The Labute approximate surface area is 102 Å². The lowest BCUT2D eigenvalue weighted by molar-refractivity contribution is 0.114. The lowest BCUT2D eigenvalue weighted by Gasteiger charge is -2.23.